The van der Waals surface area contributed by atoms with Gasteiger partial charge in [-0.3, -0.25) is 19.2 Å². The van der Waals surface area contributed by atoms with Gasteiger partial charge in [-0.25, -0.2) is 20.1 Å². The molecule has 16 heteroatoms. The number of hydrogen-bond donors (Lipinski definition) is 2. The molecule has 3 rings (SSSR count). The maximum Gasteiger partial charge on any atom is 0.419 e. The Balaban J connectivity index is 1.45. The number of Topliss-reactive ketones (excluding diaryl/α,β-unsaturated/α-hetero) is 1. The second-order valence-electron chi connectivity index (χ2n) is 11.5. The van der Waals surface area contributed by atoms with Gasteiger partial charge in [-0.2, -0.15) is 18.3 Å². The van der Waals surface area contributed by atoms with Crippen LogP contribution in [-0.2, 0) is 27.3 Å². The van der Waals surface area contributed by atoms with Gasteiger partial charge in [0.25, 0.3) is 5.56 Å². The van der Waals surface area contributed by atoms with Gasteiger partial charge >= 0.3 is 6.18 Å². The largest absolute Gasteiger partial charge is 0.419 e. The van der Waals surface area contributed by atoms with Crippen molar-refractivity contribution in [2.45, 2.75) is 71.3 Å². The molecule has 0 bridgehead atoms. The van der Waals surface area contributed by atoms with Crippen molar-refractivity contribution in [1.29, 1.82) is 0 Å². The molecule has 0 saturated carbocycles. The van der Waals surface area contributed by atoms with E-state index in [9.17, 15) is 27.6 Å². The van der Waals surface area contributed by atoms with E-state index in [1.807, 2.05) is 6.08 Å². The van der Waals surface area contributed by atoms with Crippen molar-refractivity contribution >= 4 is 31.4 Å². The van der Waals surface area contributed by atoms with Crippen LogP contribution in [-0.4, -0.2) is 71.9 Å². The number of rotatable bonds is 14. The van der Waals surface area contributed by atoms with Crippen LogP contribution in [0.25, 0.3) is 0 Å². The molecule has 0 saturated heterocycles. The zero-order valence-corrected chi connectivity index (χ0v) is 26.0. The fraction of sp³-hybridized carbons (Fsp3) is 0.556. The van der Waals surface area contributed by atoms with Crippen molar-refractivity contribution in [3.8, 4) is 0 Å². The summed E-state index contributed by atoms with van der Waals surface area (Å²) in [5.74, 6) is -0.610. The average molecular weight is 626 g/mol. The fourth-order valence-corrected chi connectivity index (χ4v) is 4.80. The molecule has 2 N–H and O–H groups in total. The van der Waals surface area contributed by atoms with Crippen molar-refractivity contribution < 1.29 is 32.3 Å². The van der Waals surface area contributed by atoms with E-state index in [0.717, 1.165) is 28.7 Å². The molecular formula is C27H38F3N7O5Si. The molecule has 1 atom stereocenters. The number of hydrogen-bond acceptors (Lipinski definition) is 10. The lowest BCUT2D eigenvalue weighted by molar-refractivity contribution is -0.138. The maximum atomic E-state index is 12.9. The number of carbonyl (C=O) groups excluding carboxylic acids is 2. The molecule has 2 aromatic heterocycles. The van der Waals surface area contributed by atoms with Crippen LogP contribution in [0.5, 0.6) is 0 Å². The van der Waals surface area contributed by atoms with Gasteiger partial charge in [0.1, 0.15) is 12.3 Å². The highest BCUT2D eigenvalue weighted by molar-refractivity contribution is 6.76. The Hall–Kier alpha value is -3.63. The Morgan fingerprint density at radius 3 is 2.44 bits per heavy atom. The minimum Gasteiger partial charge on any atom is -0.378 e. The smallest absolute Gasteiger partial charge is 0.378 e. The predicted octanol–water partition coefficient (Wildman–Crippen LogP) is 3.64. The van der Waals surface area contributed by atoms with E-state index in [2.05, 4.69) is 45.5 Å². The summed E-state index contributed by atoms with van der Waals surface area (Å²) in [4.78, 5) is 52.2. The van der Waals surface area contributed by atoms with Gasteiger partial charge in [-0.15, -0.1) is 0 Å². The molecule has 0 aromatic carbocycles. The standard InChI is InChI=1S/C27H38F3N7O5Si/c1-18(34-22-15-33-37(25(40)24(22)19(2)38)17-41-10-11-43(3,4)5)16-42-35-23(39)12-20-6-8-36(9-7-20)26-31-13-21(14-32-26)27(28,29)30/h6,13-15,18,34H,7-12,16-17H2,1-5H3,(H,35,39). The van der Waals surface area contributed by atoms with E-state index in [-0.39, 0.29) is 42.9 Å². The van der Waals surface area contributed by atoms with Gasteiger partial charge in [0.2, 0.25) is 11.9 Å². The van der Waals surface area contributed by atoms with E-state index in [1.54, 1.807) is 11.8 Å². The van der Waals surface area contributed by atoms with Gasteiger partial charge in [-0.1, -0.05) is 31.3 Å². The van der Waals surface area contributed by atoms with Crippen molar-refractivity contribution in [3.63, 3.8) is 0 Å². The molecule has 0 spiro atoms. The van der Waals surface area contributed by atoms with Crippen LogP contribution in [0.3, 0.4) is 0 Å². The Morgan fingerprint density at radius 2 is 1.86 bits per heavy atom. The van der Waals surface area contributed by atoms with Gasteiger partial charge < -0.3 is 15.0 Å². The number of nitrogens with one attached hydrogen (secondary N) is 2. The van der Waals surface area contributed by atoms with Crippen molar-refractivity contribution in [1.82, 2.24) is 25.2 Å². The van der Waals surface area contributed by atoms with E-state index >= 15 is 0 Å². The average Bonchev–Trinajstić information content (AvgIpc) is 2.91. The Labute approximate surface area is 248 Å². The van der Waals surface area contributed by atoms with Crippen molar-refractivity contribution in [2.24, 2.45) is 0 Å². The minimum atomic E-state index is -4.50. The number of ketones is 1. The first-order valence-electron chi connectivity index (χ1n) is 13.8. The summed E-state index contributed by atoms with van der Waals surface area (Å²) < 4.78 is 44.9. The SMILES string of the molecule is CC(=O)c1c(NC(C)CONC(=O)CC2=CCN(c3ncc(C(F)(F)F)cn3)CC2)cnn(COCC[Si](C)(C)C)c1=O. The monoisotopic (exact) mass is 625 g/mol. The van der Waals surface area contributed by atoms with E-state index in [0.29, 0.717) is 26.1 Å². The first kappa shape index (κ1) is 33.9. The lowest BCUT2D eigenvalue weighted by atomic mass is 10.0. The number of alkyl halides is 3. The molecule has 236 valence electrons. The van der Waals surface area contributed by atoms with Gasteiger partial charge in [-0.05, 0) is 26.3 Å². The van der Waals surface area contributed by atoms with Gasteiger partial charge in [0.05, 0.1) is 24.1 Å². The molecule has 2 aromatic rings. The van der Waals surface area contributed by atoms with E-state index < -0.39 is 37.2 Å². The number of halogens is 3. The minimum absolute atomic E-state index is 0.0318. The summed E-state index contributed by atoms with van der Waals surface area (Å²) in [5, 5.41) is 7.16. The summed E-state index contributed by atoms with van der Waals surface area (Å²) in [5.41, 5.74) is 1.97. The van der Waals surface area contributed by atoms with Crippen LogP contribution >= 0.6 is 0 Å². The molecular weight excluding hydrogens is 587 g/mol. The summed E-state index contributed by atoms with van der Waals surface area (Å²) in [6, 6.07) is 0.543. The molecule has 0 radical (unpaired) electrons. The highest BCUT2D eigenvalue weighted by atomic mass is 28.3. The first-order chi connectivity index (χ1) is 20.1. The third-order valence-electron chi connectivity index (χ3n) is 6.47. The van der Waals surface area contributed by atoms with E-state index in [4.69, 9.17) is 9.57 Å². The summed E-state index contributed by atoms with van der Waals surface area (Å²) in [6.07, 6.45) is 0.789. The van der Waals surface area contributed by atoms with Crippen LogP contribution in [0.15, 0.2) is 35.0 Å². The van der Waals surface area contributed by atoms with Crippen LogP contribution < -0.4 is 21.3 Å². The van der Waals surface area contributed by atoms with Crippen LogP contribution in [0, 0.1) is 0 Å². The lowest BCUT2D eigenvalue weighted by Gasteiger charge is -2.26. The summed E-state index contributed by atoms with van der Waals surface area (Å²) in [7, 11) is -1.29. The first-order valence-corrected chi connectivity index (χ1v) is 17.5. The van der Waals surface area contributed by atoms with Crippen LogP contribution in [0.4, 0.5) is 24.8 Å². The Kier molecular flexibility index (Phi) is 11.6. The highest BCUT2D eigenvalue weighted by Crippen LogP contribution is 2.28. The number of ether oxygens (including phenoxy) is 1. The number of nitrogens with zero attached hydrogens (tertiary/aromatic N) is 5. The number of amides is 1. The molecule has 0 fully saturated rings. The third kappa shape index (κ3) is 10.5. The molecule has 43 heavy (non-hydrogen) atoms. The number of carbonyl (C=O) groups is 2. The number of anilines is 2. The number of hydroxylamine groups is 1. The summed E-state index contributed by atoms with van der Waals surface area (Å²) in [6.45, 7) is 11.0. The summed E-state index contributed by atoms with van der Waals surface area (Å²) >= 11 is 0. The molecule has 1 aliphatic heterocycles. The van der Waals surface area contributed by atoms with Gasteiger partial charge in [0, 0.05) is 52.6 Å². The van der Waals surface area contributed by atoms with Crippen LogP contribution in [0.1, 0.15) is 42.6 Å². The zero-order chi connectivity index (χ0) is 31.8. The Bertz CT molecular complexity index is 1360. The predicted molar refractivity (Wildman–Crippen MR) is 156 cm³/mol. The highest BCUT2D eigenvalue weighted by Gasteiger charge is 2.31. The van der Waals surface area contributed by atoms with Gasteiger partial charge in [0.15, 0.2) is 5.78 Å². The number of aromatic nitrogens is 4. The molecule has 3 heterocycles. The van der Waals surface area contributed by atoms with Crippen molar-refractivity contribution in [3.05, 3.63) is 51.7 Å². The third-order valence-corrected chi connectivity index (χ3v) is 8.17. The maximum absolute atomic E-state index is 12.9. The molecule has 12 nitrogen and oxygen atoms in total. The molecule has 1 aliphatic rings. The van der Waals surface area contributed by atoms with E-state index in [1.165, 1.54) is 13.1 Å². The molecule has 1 unspecified atom stereocenters. The Morgan fingerprint density at radius 1 is 1.16 bits per heavy atom. The van der Waals surface area contributed by atoms with Crippen LogP contribution in [0.2, 0.25) is 25.7 Å². The second kappa shape index (κ2) is 14.7. The second-order valence-corrected chi connectivity index (χ2v) is 17.1. The lowest BCUT2D eigenvalue weighted by Crippen LogP contribution is -2.34. The fourth-order valence-electron chi connectivity index (χ4n) is 4.04. The normalized spacial score (nSPS) is 14.7. The topological polar surface area (TPSA) is 141 Å². The van der Waals surface area contributed by atoms with Crippen molar-refractivity contribution in [2.75, 3.05) is 36.5 Å². The molecule has 1 amide bonds. The quantitative estimate of drug-likeness (QED) is 0.105. The zero-order valence-electron chi connectivity index (χ0n) is 25.0. The molecule has 0 aliphatic carbocycles.